The van der Waals surface area contributed by atoms with E-state index in [1.807, 2.05) is 6.07 Å². The maximum absolute atomic E-state index is 12.9. The summed E-state index contributed by atoms with van der Waals surface area (Å²) in [5.41, 5.74) is 1.08. The van der Waals surface area contributed by atoms with Gasteiger partial charge in [0.2, 0.25) is 0 Å². The van der Waals surface area contributed by atoms with Crippen LogP contribution < -0.4 is 5.32 Å². The Labute approximate surface area is 97.1 Å². The molecule has 2 heteroatoms. The summed E-state index contributed by atoms with van der Waals surface area (Å²) in [4.78, 5) is 0. The predicted octanol–water partition coefficient (Wildman–Crippen LogP) is 3.15. The van der Waals surface area contributed by atoms with E-state index < -0.39 is 0 Å². The van der Waals surface area contributed by atoms with Crippen LogP contribution in [-0.4, -0.2) is 13.1 Å². The lowest BCUT2D eigenvalue weighted by molar-refractivity contribution is 0.491. The quantitative estimate of drug-likeness (QED) is 0.753. The molecule has 88 valence electrons. The van der Waals surface area contributed by atoms with Gasteiger partial charge in [0.05, 0.1) is 0 Å². The molecule has 1 N–H and O–H groups in total. The first kappa shape index (κ1) is 11.6. The van der Waals surface area contributed by atoms with Crippen LogP contribution in [0.1, 0.15) is 31.2 Å². The lowest BCUT2D eigenvalue weighted by Gasteiger charge is -2.10. The van der Waals surface area contributed by atoms with Crippen LogP contribution in [0.25, 0.3) is 0 Å². The fraction of sp³-hybridized carbons (Fsp3) is 0.571. The molecule has 0 bridgehead atoms. The Bertz CT molecular complexity index is 318. The zero-order valence-electron chi connectivity index (χ0n) is 9.71. The molecule has 2 rings (SSSR count). The van der Waals surface area contributed by atoms with E-state index in [9.17, 15) is 4.39 Å². The van der Waals surface area contributed by atoms with Crippen LogP contribution >= 0.6 is 0 Å². The second-order valence-corrected chi connectivity index (χ2v) is 4.73. The number of rotatable bonds is 5. The van der Waals surface area contributed by atoms with Gasteiger partial charge in [0.25, 0.3) is 0 Å². The van der Waals surface area contributed by atoms with Gasteiger partial charge in [-0.15, -0.1) is 0 Å². The Morgan fingerprint density at radius 2 is 2.06 bits per heavy atom. The van der Waals surface area contributed by atoms with Crippen molar-refractivity contribution >= 4 is 0 Å². The zero-order valence-corrected chi connectivity index (χ0v) is 9.71. The fourth-order valence-corrected chi connectivity index (χ4v) is 2.45. The molecule has 0 saturated heterocycles. The molecule has 0 aliphatic heterocycles. The Morgan fingerprint density at radius 3 is 2.81 bits per heavy atom. The number of halogens is 1. The molecule has 1 aliphatic rings. The molecule has 16 heavy (non-hydrogen) atoms. The summed E-state index contributed by atoms with van der Waals surface area (Å²) in [5.74, 6) is 0.751. The zero-order chi connectivity index (χ0) is 11.2. The summed E-state index contributed by atoms with van der Waals surface area (Å²) >= 11 is 0. The fourth-order valence-electron chi connectivity index (χ4n) is 2.45. The third-order valence-electron chi connectivity index (χ3n) is 3.39. The van der Waals surface area contributed by atoms with Gasteiger partial charge in [0, 0.05) is 0 Å². The van der Waals surface area contributed by atoms with Crippen molar-refractivity contribution in [3.05, 3.63) is 35.6 Å². The highest BCUT2D eigenvalue weighted by Crippen LogP contribution is 2.23. The van der Waals surface area contributed by atoms with E-state index in [-0.39, 0.29) is 5.82 Å². The summed E-state index contributed by atoms with van der Waals surface area (Å²) < 4.78 is 12.9. The maximum Gasteiger partial charge on any atom is 0.123 e. The first-order valence-electron chi connectivity index (χ1n) is 6.30. The Morgan fingerprint density at radius 1 is 1.25 bits per heavy atom. The van der Waals surface area contributed by atoms with Gasteiger partial charge in [-0.05, 0) is 56.0 Å². The van der Waals surface area contributed by atoms with Crippen LogP contribution in [0.2, 0.25) is 0 Å². The van der Waals surface area contributed by atoms with Crippen molar-refractivity contribution in [2.75, 3.05) is 13.1 Å². The molecular formula is C14H20FN. The predicted molar refractivity (Wildman–Crippen MR) is 64.9 cm³/mol. The van der Waals surface area contributed by atoms with Gasteiger partial charge >= 0.3 is 0 Å². The second-order valence-electron chi connectivity index (χ2n) is 4.73. The molecule has 0 atom stereocenters. The van der Waals surface area contributed by atoms with E-state index in [4.69, 9.17) is 0 Å². The molecule has 0 amide bonds. The summed E-state index contributed by atoms with van der Waals surface area (Å²) in [7, 11) is 0. The smallest absolute Gasteiger partial charge is 0.123 e. The van der Waals surface area contributed by atoms with Gasteiger partial charge in [-0.1, -0.05) is 25.0 Å². The first-order chi connectivity index (χ1) is 7.84. The van der Waals surface area contributed by atoms with Crippen molar-refractivity contribution in [2.45, 2.75) is 32.1 Å². The molecule has 1 aromatic carbocycles. The van der Waals surface area contributed by atoms with E-state index in [0.717, 1.165) is 31.0 Å². The van der Waals surface area contributed by atoms with Gasteiger partial charge < -0.3 is 5.32 Å². The van der Waals surface area contributed by atoms with Crippen LogP contribution in [-0.2, 0) is 6.42 Å². The molecule has 1 aliphatic carbocycles. The number of hydrogen-bond acceptors (Lipinski definition) is 1. The number of benzene rings is 1. The van der Waals surface area contributed by atoms with Crippen LogP contribution in [0.15, 0.2) is 24.3 Å². The van der Waals surface area contributed by atoms with E-state index in [0.29, 0.717) is 0 Å². The van der Waals surface area contributed by atoms with Crippen molar-refractivity contribution in [2.24, 2.45) is 5.92 Å². The monoisotopic (exact) mass is 221 g/mol. The standard InChI is InChI=1S/C14H20FN/c15-14-7-3-6-12(10-14)8-9-16-11-13-4-1-2-5-13/h3,6-7,10,13,16H,1-2,4-5,8-9,11H2. The highest BCUT2D eigenvalue weighted by atomic mass is 19.1. The van der Waals surface area contributed by atoms with E-state index >= 15 is 0 Å². The molecule has 0 aromatic heterocycles. The highest BCUT2D eigenvalue weighted by Gasteiger charge is 2.13. The Kier molecular flexibility index (Phi) is 4.34. The molecule has 1 aromatic rings. The van der Waals surface area contributed by atoms with Crippen molar-refractivity contribution in [1.29, 1.82) is 0 Å². The number of hydrogen-bond donors (Lipinski definition) is 1. The molecule has 1 nitrogen and oxygen atoms in total. The van der Waals surface area contributed by atoms with Crippen LogP contribution in [0, 0.1) is 11.7 Å². The van der Waals surface area contributed by atoms with Crippen molar-refractivity contribution in [1.82, 2.24) is 5.32 Å². The molecular weight excluding hydrogens is 201 g/mol. The molecule has 1 fully saturated rings. The maximum atomic E-state index is 12.9. The van der Waals surface area contributed by atoms with Gasteiger partial charge in [-0.2, -0.15) is 0 Å². The van der Waals surface area contributed by atoms with Crippen molar-refractivity contribution < 1.29 is 4.39 Å². The minimum atomic E-state index is -0.131. The molecule has 0 unspecified atom stereocenters. The SMILES string of the molecule is Fc1cccc(CCNCC2CCCC2)c1. The van der Waals surface area contributed by atoms with E-state index in [1.165, 1.54) is 31.7 Å². The van der Waals surface area contributed by atoms with Gasteiger partial charge in [0.15, 0.2) is 0 Å². The Hall–Kier alpha value is -0.890. The summed E-state index contributed by atoms with van der Waals surface area (Å²) in [6.45, 7) is 2.09. The van der Waals surface area contributed by atoms with Gasteiger partial charge in [-0.25, -0.2) is 4.39 Å². The van der Waals surface area contributed by atoms with Crippen LogP contribution in [0.5, 0.6) is 0 Å². The largest absolute Gasteiger partial charge is 0.316 e. The normalized spacial score (nSPS) is 16.8. The van der Waals surface area contributed by atoms with Gasteiger partial charge in [-0.3, -0.25) is 0 Å². The van der Waals surface area contributed by atoms with Crippen molar-refractivity contribution in [3.63, 3.8) is 0 Å². The summed E-state index contributed by atoms with van der Waals surface area (Å²) in [5, 5.41) is 3.47. The third kappa shape index (κ3) is 3.60. The number of nitrogens with one attached hydrogen (secondary N) is 1. The highest BCUT2D eigenvalue weighted by molar-refractivity contribution is 5.16. The molecule has 0 radical (unpaired) electrons. The average molecular weight is 221 g/mol. The second kappa shape index (κ2) is 6.00. The molecule has 1 saturated carbocycles. The average Bonchev–Trinajstić information content (AvgIpc) is 2.77. The topological polar surface area (TPSA) is 12.0 Å². The summed E-state index contributed by atoms with van der Waals surface area (Å²) in [6, 6.07) is 6.88. The van der Waals surface area contributed by atoms with Crippen LogP contribution in [0.3, 0.4) is 0 Å². The summed E-state index contributed by atoms with van der Waals surface area (Å²) in [6.07, 6.45) is 6.48. The minimum absolute atomic E-state index is 0.131. The van der Waals surface area contributed by atoms with E-state index in [1.54, 1.807) is 12.1 Å². The molecule has 0 spiro atoms. The van der Waals surface area contributed by atoms with Crippen LogP contribution in [0.4, 0.5) is 4.39 Å². The molecule has 0 heterocycles. The van der Waals surface area contributed by atoms with Gasteiger partial charge in [0.1, 0.15) is 5.82 Å². The first-order valence-corrected chi connectivity index (χ1v) is 6.30. The van der Waals surface area contributed by atoms with E-state index in [2.05, 4.69) is 5.32 Å². The lowest BCUT2D eigenvalue weighted by Crippen LogP contribution is -2.23. The third-order valence-corrected chi connectivity index (χ3v) is 3.39. The minimum Gasteiger partial charge on any atom is -0.316 e. The lowest BCUT2D eigenvalue weighted by atomic mass is 10.1. The Balaban J connectivity index is 1.64. The van der Waals surface area contributed by atoms with Crippen molar-refractivity contribution in [3.8, 4) is 0 Å².